The zero-order chi connectivity index (χ0) is 15.7. The van der Waals surface area contributed by atoms with Gasteiger partial charge in [-0.1, -0.05) is 44.2 Å². The Kier molecular flexibility index (Phi) is 4.93. The first kappa shape index (κ1) is 16.7. The van der Waals surface area contributed by atoms with E-state index in [2.05, 4.69) is 63.1 Å². The number of benzene rings is 1. The molecule has 1 aromatic carbocycles. The highest BCUT2D eigenvalue weighted by Crippen LogP contribution is 2.46. The van der Waals surface area contributed by atoms with Gasteiger partial charge in [0, 0.05) is 6.61 Å². The van der Waals surface area contributed by atoms with Crippen LogP contribution in [0, 0.1) is 5.92 Å². The predicted octanol–water partition coefficient (Wildman–Crippen LogP) is 3.94. The van der Waals surface area contributed by atoms with Gasteiger partial charge in [-0.25, -0.2) is 0 Å². The maximum atomic E-state index is 6.60. The number of hydrogen-bond acceptors (Lipinski definition) is 3. The van der Waals surface area contributed by atoms with E-state index in [4.69, 9.17) is 9.16 Å². The number of nitrogens with one attached hydrogen (secondary N) is 1. The summed E-state index contributed by atoms with van der Waals surface area (Å²) in [6, 6.07) is 10.8. The van der Waals surface area contributed by atoms with Crippen LogP contribution in [0.25, 0.3) is 0 Å². The van der Waals surface area contributed by atoms with Crippen LogP contribution < -0.4 is 5.32 Å². The molecule has 1 saturated heterocycles. The first-order valence-electron chi connectivity index (χ1n) is 7.95. The second kappa shape index (κ2) is 6.21. The van der Waals surface area contributed by atoms with Crippen LogP contribution in [0.5, 0.6) is 0 Å². The van der Waals surface area contributed by atoms with Gasteiger partial charge in [0.2, 0.25) is 0 Å². The van der Waals surface area contributed by atoms with Crippen LogP contribution in [-0.2, 0) is 9.16 Å². The summed E-state index contributed by atoms with van der Waals surface area (Å²) in [6.07, 6.45) is 0. The minimum atomic E-state index is -1.73. The molecule has 0 spiro atoms. The molecule has 0 radical (unpaired) electrons. The lowest BCUT2D eigenvalue weighted by atomic mass is 9.78. The fourth-order valence-corrected chi connectivity index (χ4v) is 4.42. The Bertz CT molecular complexity index is 458. The minimum Gasteiger partial charge on any atom is -0.388 e. The van der Waals surface area contributed by atoms with E-state index in [9.17, 15) is 0 Å². The topological polar surface area (TPSA) is 30.5 Å². The average Bonchev–Trinajstić information content (AvgIpc) is 2.36. The van der Waals surface area contributed by atoms with Gasteiger partial charge in [0.1, 0.15) is 0 Å². The summed E-state index contributed by atoms with van der Waals surface area (Å²) in [5.41, 5.74) is 1.24. The first-order valence-corrected chi connectivity index (χ1v) is 11.4. The Morgan fingerprint density at radius 3 is 2.29 bits per heavy atom. The maximum Gasteiger partial charge on any atom is 0.194 e. The molecule has 1 N–H and O–H groups in total. The molecule has 1 heterocycles. The van der Waals surface area contributed by atoms with Gasteiger partial charge in [0.05, 0.1) is 12.1 Å². The van der Waals surface area contributed by atoms with Crippen LogP contribution in [0.1, 0.15) is 32.4 Å². The summed E-state index contributed by atoms with van der Waals surface area (Å²) in [5.74, 6) is -0.0674. The zero-order valence-corrected chi connectivity index (χ0v) is 15.1. The molecule has 3 nitrogen and oxygen atoms in total. The molecular formula is C17H29NO2Si. The van der Waals surface area contributed by atoms with E-state index in [0.717, 1.165) is 0 Å². The summed E-state index contributed by atoms with van der Waals surface area (Å²) < 4.78 is 12.8. The third kappa shape index (κ3) is 3.39. The van der Waals surface area contributed by atoms with Gasteiger partial charge in [-0.3, -0.25) is 5.32 Å². The third-order valence-electron chi connectivity index (χ3n) is 3.82. The van der Waals surface area contributed by atoms with Crippen molar-refractivity contribution in [3.63, 3.8) is 0 Å². The van der Waals surface area contributed by atoms with Crippen molar-refractivity contribution >= 4 is 8.32 Å². The van der Waals surface area contributed by atoms with E-state index >= 15 is 0 Å². The highest BCUT2D eigenvalue weighted by molar-refractivity contribution is 6.69. The monoisotopic (exact) mass is 307 g/mol. The van der Waals surface area contributed by atoms with Gasteiger partial charge in [-0.05, 0) is 38.0 Å². The summed E-state index contributed by atoms with van der Waals surface area (Å²) in [5, 5.41) is 3.67. The van der Waals surface area contributed by atoms with Gasteiger partial charge in [-0.2, -0.15) is 0 Å². The lowest BCUT2D eigenvalue weighted by Crippen LogP contribution is -2.75. The summed E-state index contributed by atoms with van der Waals surface area (Å²) in [7, 11) is -1.73. The Morgan fingerprint density at radius 1 is 1.19 bits per heavy atom. The second-order valence-electron chi connectivity index (χ2n) is 7.10. The SMILES string of the molecule is CCOC1(O[Si](C)(C)C)[C@@H](c2ccccc2)N[C@H]1C(C)C. The van der Waals surface area contributed by atoms with E-state index in [0.29, 0.717) is 12.5 Å². The molecular weight excluding hydrogens is 278 g/mol. The van der Waals surface area contributed by atoms with Crippen LogP contribution in [0.3, 0.4) is 0 Å². The molecule has 21 heavy (non-hydrogen) atoms. The number of hydrogen-bond donors (Lipinski definition) is 1. The van der Waals surface area contributed by atoms with Gasteiger partial charge in [0.25, 0.3) is 0 Å². The molecule has 118 valence electrons. The molecule has 0 aliphatic carbocycles. The summed E-state index contributed by atoms with van der Waals surface area (Å²) in [4.78, 5) is 0. The van der Waals surface area contributed by atoms with E-state index in [1.807, 2.05) is 13.0 Å². The van der Waals surface area contributed by atoms with Crippen LogP contribution >= 0.6 is 0 Å². The smallest absolute Gasteiger partial charge is 0.194 e. The quantitative estimate of drug-likeness (QED) is 0.638. The van der Waals surface area contributed by atoms with Gasteiger partial charge in [0.15, 0.2) is 14.1 Å². The molecule has 0 bridgehead atoms. The van der Waals surface area contributed by atoms with Crippen LogP contribution in [0.15, 0.2) is 30.3 Å². The van der Waals surface area contributed by atoms with Crippen molar-refractivity contribution in [1.29, 1.82) is 0 Å². The van der Waals surface area contributed by atoms with Crippen LogP contribution in [0.4, 0.5) is 0 Å². The maximum absolute atomic E-state index is 6.60. The van der Waals surface area contributed by atoms with Crippen molar-refractivity contribution in [2.75, 3.05) is 6.61 Å². The Hall–Kier alpha value is -0.683. The highest BCUT2D eigenvalue weighted by Gasteiger charge is 2.60. The van der Waals surface area contributed by atoms with E-state index in [1.54, 1.807) is 0 Å². The molecule has 0 saturated carbocycles. The Morgan fingerprint density at radius 2 is 1.81 bits per heavy atom. The molecule has 2 rings (SSSR count). The van der Waals surface area contributed by atoms with E-state index < -0.39 is 14.1 Å². The Labute approximate surface area is 130 Å². The second-order valence-corrected chi connectivity index (χ2v) is 11.5. The van der Waals surface area contributed by atoms with Crippen LogP contribution in [0.2, 0.25) is 19.6 Å². The van der Waals surface area contributed by atoms with E-state index in [1.165, 1.54) is 5.56 Å². The summed E-state index contributed by atoms with van der Waals surface area (Å²) >= 11 is 0. The molecule has 1 aliphatic heterocycles. The highest BCUT2D eigenvalue weighted by atomic mass is 28.4. The fraction of sp³-hybridized carbons (Fsp3) is 0.647. The standard InChI is InChI=1S/C17H29NO2Si/c1-7-19-17(20-21(4,5)6)15(13(2)3)18-16(17)14-11-9-8-10-12-14/h8-13,15-16,18H,7H2,1-6H3/t15-,16+,17?/m0/s1. The third-order valence-corrected chi connectivity index (χ3v) is 4.75. The van der Waals surface area contributed by atoms with E-state index in [-0.39, 0.29) is 12.1 Å². The van der Waals surface area contributed by atoms with Gasteiger partial charge in [-0.15, -0.1) is 0 Å². The molecule has 0 amide bonds. The van der Waals surface area contributed by atoms with Crippen molar-refractivity contribution in [3.05, 3.63) is 35.9 Å². The normalized spacial score (nSPS) is 29.5. The lowest BCUT2D eigenvalue weighted by Gasteiger charge is -2.59. The molecule has 4 heteroatoms. The fourth-order valence-electron chi connectivity index (χ4n) is 3.16. The largest absolute Gasteiger partial charge is 0.388 e. The van der Waals surface area contributed by atoms with Crippen molar-refractivity contribution in [2.45, 2.75) is 58.3 Å². The zero-order valence-electron chi connectivity index (χ0n) is 14.1. The Balaban J connectivity index is 2.36. The molecule has 1 fully saturated rings. The first-order chi connectivity index (χ1) is 9.80. The molecule has 1 aromatic rings. The minimum absolute atomic E-state index is 0.109. The van der Waals surface area contributed by atoms with Crippen LogP contribution in [-0.4, -0.2) is 26.8 Å². The lowest BCUT2D eigenvalue weighted by molar-refractivity contribution is -0.283. The van der Waals surface area contributed by atoms with Crippen molar-refractivity contribution in [2.24, 2.45) is 5.92 Å². The van der Waals surface area contributed by atoms with Gasteiger partial charge < -0.3 is 9.16 Å². The summed E-state index contributed by atoms with van der Waals surface area (Å²) in [6.45, 7) is 13.8. The average molecular weight is 308 g/mol. The predicted molar refractivity (Wildman–Crippen MR) is 89.7 cm³/mol. The van der Waals surface area contributed by atoms with Crippen molar-refractivity contribution in [3.8, 4) is 0 Å². The van der Waals surface area contributed by atoms with Crippen molar-refractivity contribution in [1.82, 2.24) is 5.32 Å². The molecule has 3 atom stereocenters. The van der Waals surface area contributed by atoms with Crippen molar-refractivity contribution < 1.29 is 9.16 Å². The van der Waals surface area contributed by atoms with Gasteiger partial charge >= 0.3 is 0 Å². The number of rotatable bonds is 6. The number of ether oxygens (including phenoxy) is 1. The molecule has 1 aliphatic rings. The molecule has 0 aromatic heterocycles. The molecule has 1 unspecified atom stereocenters.